The minimum atomic E-state index is -0.463. The average Bonchev–Trinajstić information content (AvgIpc) is 3.12. The summed E-state index contributed by atoms with van der Waals surface area (Å²) in [5.74, 6) is 0.246. The summed E-state index contributed by atoms with van der Waals surface area (Å²) in [6.07, 6.45) is 6.62. The second-order valence-corrected chi connectivity index (χ2v) is 6.29. The van der Waals surface area contributed by atoms with E-state index in [1.54, 1.807) is 0 Å². The zero-order chi connectivity index (χ0) is 14.0. The Kier molecular flexibility index (Phi) is 4.29. The Balaban J connectivity index is 1.58. The van der Waals surface area contributed by atoms with Crippen molar-refractivity contribution < 1.29 is 19.0 Å². The lowest BCUT2D eigenvalue weighted by Crippen LogP contribution is -2.56. The van der Waals surface area contributed by atoms with Crippen LogP contribution in [-0.2, 0) is 19.0 Å². The number of esters is 1. The van der Waals surface area contributed by atoms with Crippen LogP contribution in [0.3, 0.4) is 0 Å². The molecule has 0 aromatic heterocycles. The number of rotatable bonds is 7. The summed E-state index contributed by atoms with van der Waals surface area (Å²) < 4.78 is 16.0. The van der Waals surface area contributed by atoms with Gasteiger partial charge in [0, 0.05) is 12.6 Å². The molecule has 2 aliphatic carbocycles. The third-order valence-corrected chi connectivity index (χ3v) is 4.84. The van der Waals surface area contributed by atoms with Gasteiger partial charge in [0.15, 0.2) is 0 Å². The maximum Gasteiger partial charge on any atom is 0.326 e. The second kappa shape index (κ2) is 6.00. The number of methoxy groups -OCH3 is 1. The van der Waals surface area contributed by atoms with E-state index in [1.165, 1.54) is 20.0 Å². The third-order valence-electron chi connectivity index (χ3n) is 4.84. The molecule has 0 radical (unpaired) electrons. The van der Waals surface area contributed by atoms with Crippen LogP contribution in [0.4, 0.5) is 0 Å². The molecule has 2 atom stereocenters. The van der Waals surface area contributed by atoms with Crippen LogP contribution >= 0.6 is 0 Å². The molecule has 3 aliphatic rings. The molecule has 1 heterocycles. The Hall–Kier alpha value is -0.650. The number of nitrogens with one attached hydrogen (secondary N) is 1. The molecule has 0 aromatic carbocycles. The van der Waals surface area contributed by atoms with Crippen molar-refractivity contribution in [1.29, 1.82) is 0 Å². The highest BCUT2D eigenvalue weighted by Crippen LogP contribution is 2.41. The van der Waals surface area contributed by atoms with E-state index in [0.717, 1.165) is 25.7 Å². The van der Waals surface area contributed by atoms with Crippen LogP contribution in [0.15, 0.2) is 0 Å². The van der Waals surface area contributed by atoms with E-state index < -0.39 is 5.54 Å². The molecule has 0 bridgehead atoms. The van der Waals surface area contributed by atoms with Gasteiger partial charge in [0.2, 0.25) is 0 Å². The minimum absolute atomic E-state index is 0.0844. The number of carbonyl (C=O) groups excluding carboxylic acids is 1. The quantitative estimate of drug-likeness (QED) is 0.713. The van der Waals surface area contributed by atoms with Gasteiger partial charge in [0.25, 0.3) is 0 Å². The van der Waals surface area contributed by atoms with Gasteiger partial charge in [0.05, 0.1) is 20.3 Å². The van der Waals surface area contributed by atoms with E-state index in [0.29, 0.717) is 31.8 Å². The first-order chi connectivity index (χ1) is 9.74. The standard InChI is InChI=1S/C15H25NO4/c1-18-14(17)15(16-12-4-5-12)7-2-3-11(15)6-8-20-13-9-19-10-13/h11-13,16H,2-10H2,1H3. The van der Waals surface area contributed by atoms with E-state index >= 15 is 0 Å². The first kappa shape index (κ1) is 14.3. The summed E-state index contributed by atoms with van der Waals surface area (Å²) in [5, 5.41) is 3.58. The zero-order valence-corrected chi connectivity index (χ0v) is 12.2. The molecule has 2 saturated carbocycles. The van der Waals surface area contributed by atoms with Gasteiger partial charge in [-0.25, -0.2) is 0 Å². The summed E-state index contributed by atoms with van der Waals surface area (Å²) >= 11 is 0. The second-order valence-electron chi connectivity index (χ2n) is 6.29. The fourth-order valence-electron chi connectivity index (χ4n) is 3.45. The molecule has 3 fully saturated rings. The highest BCUT2D eigenvalue weighted by Gasteiger charge is 2.51. The highest BCUT2D eigenvalue weighted by molar-refractivity contribution is 5.81. The van der Waals surface area contributed by atoms with E-state index in [4.69, 9.17) is 14.2 Å². The minimum Gasteiger partial charge on any atom is -0.468 e. The molecule has 5 nitrogen and oxygen atoms in total. The normalized spacial score (nSPS) is 34.0. The molecule has 5 heteroatoms. The van der Waals surface area contributed by atoms with Crippen molar-refractivity contribution >= 4 is 5.97 Å². The number of hydrogen-bond donors (Lipinski definition) is 1. The van der Waals surface area contributed by atoms with Crippen LogP contribution in [-0.4, -0.2) is 50.6 Å². The fourth-order valence-corrected chi connectivity index (χ4v) is 3.45. The summed E-state index contributed by atoms with van der Waals surface area (Å²) in [7, 11) is 1.50. The van der Waals surface area contributed by atoms with Gasteiger partial charge in [-0.2, -0.15) is 0 Å². The molecule has 1 saturated heterocycles. The van der Waals surface area contributed by atoms with Gasteiger partial charge in [-0.15, -0.1) is 0 Å². The highest BCUT2D eigenvalue weighted by atomic mass is 16.6. The van der Waals surface area contributed by atoms with Crippen LogP contribution in [0.25, 0.3) is 0 Å². The van der Waals surface area contributed by atoms with Gasteiger partial charge in [-0.3, -0.25) is 10.1 Å². The van der Waals surface area contributed by atoms with E-state index in [-0.39, 0.29) is 12.1 Å². The average molecular weight is 283 g/mol. The van der Waals surface area contributed by atoms with Gasteiger partial charge in [-0.05, 0) is 38.0 Å². The van der Waals surface area contributed by atoms with Crippen molar-refractivity contribution in [2.24, 2.45) is 5.92 Å². The summed E-state index contributed by atoms with van der Waals surface area (Å²) in [4.78, 5) is 12.3. The molecule has 0 spiro atoms. The Labute approximate surface area is 120 Å². The van der Waals surface area contributed by atoms with Crippen LogP contribution in [0, 0.1) is 5.92 Å². The van der Waals surface area contributed by atoms with E-state index in [2.05, 4.69) is 5.32 Å². The lowest BCUT2D eigenvalue weighted by Gasteiger charge is -2.35. The van der Waals surface area contributed by atoms with Crippen molar-refractivity contribution in [3.8, 4) is 0 Å². The zero-order valence-electron chi connectivity index (χ0n) is 12.2. The van der Waals surface area contributed by atoms with Crippen molar-refractivity contribution in [3.63, 3.8) is 0 Å². The Morgan fingerprint density at radius 1 is 1.35 bits per heavy atom. The number of carbonyl (C=O) groups is 1. The summed E-state index contributed by atoms with van der Waals surface area (Å²) in [6.45, 7) is 2.14. The smallest absolute Gasteiger partial charge is 0.326 e. The number of hydrogen-bond acceptors (Lipinski definition) is 5. The van der Waals surface area contributed by atoms with E-state index in [1.807, 2.05) is 0 Å². The maximum absolute atomic E-state index is 12.3. The van der Waals surface area contributed by atoms with Crippen molar-refractivity contribution in [2.75, 3.05) is 26.9 Å². The van der Waals surface area contributed by atoms with E-state index in [9.17, 15) is 4.79 Å². The van der Waals surface area contributed by atoms with Crippen molar-refractivity contribution in [1.82, 2.24) is 5.32 Å². The van der Waals surface area contributed by atoms with Crippen LogP contribution in [0.1, 0.15) is 38.5 Å². The molecule has 114 valence electrons. The molecule has 3 rings (SSSR count). The molecule has 20 heavy (non-hydrogen) atoms. The fraction of sp³-hybridized carbons (Fsp3) is 0.933. The molecular formula is C15H25NO4. The Bertz CT molecular complexity index is 354. The van der Waals surface area contributed by atoms with Crippen LogP contribution in [0.2, 0.25) is 0 Å². The molecule has 1 N–H and O–H groups in total. The third kappa shape index (κ3) is 2.85. The summed E-state index contributed by atoms with van der Waals surface area (Å²) in [6, 6.07) is 0.510. The predicted molar refractivity (Wildman–Crippen MR) is 73.4 cm³/mol. The molecule has 0 amide bonds. The Morgan fingerprint density at radius 2 is 2.15 bits per heavy atom. The first-order valence-corrected chi connectivity index (χ1v) is 7.80. The largest absolute Gasteiger partial charge is 0.468 e. The lowest BCUT2D eigenvalue weighted by molar-refractivity contribution is -0.152. The molecular weight excluding hydrogens is 258 g/mol. The lowest BCUT2D eigenvalue weighted by atomic mass is 9.84. The van der Waals surface area contributed by atoms with Gasteiger partial charge in [-0.1, -0.05) is 6.42 Å². The van der Waals surface area contributed by atoms with Crippen LogP contribution in [0.5, 0.6) is 0 Å². The van der Waals surface area contributed by atoms with Gasteiger partial charge in [0.1, 0.15) is 11.6 Å². The maximum atomic E-state index is 12.3. The summed E-state index contributed by atoms with van der Waals surface area (Å²) in [5.41, 5.74) is -0.463. The van der Waals surface area contributed by atoms with Gasteiger partial charge < -0.3 is 14.2 Å². The van der Waals surface area contributed by atoms with Crippen molar-refractivity contribution in [2.45, 2.75) is 56.2 Å². The van der Waals surface area contributed by atoms with Crippen LogP contribution < -0.4 is 5.32 Å². The SMILES string of the molecule is COC(=O)C1(NC2CC2)CCCC1CCOC1COC1. The van der Waals surface area contributed by atoms with Gasteiger partial charge >= 0.3 is 5.97 Å². The number of ether oxygens (including phenoxy) is 3. The predicted octanol–water partition coefficient (Wildman–Crippen LogP) is 1.26. The molecule has 0 aromatic rings. The molecule has 1 aliphatic heterocycles. The monoisotopic (exact) mass is 283 g/mol. The topological polar surface area (TPSA) is 56.8 Å². The first-order valence-electron chi connectivity index (χ1n) is 7.80. The van der Waals surface area contributed by atoms with Crippen molar-refractivity contribution in [3.05, 3.63) is 0 Å². The Morgan fingerprint density at radius 3 is 2.75 bits per heavy atom. The molecule has 2 unspecified atom stereocenters.